The third kappa shape index (κ3) is 5.17. The predicted molar refractivity (Wildman–Crippen MR) is 136 cm³/mol. The van der Waals surface area contributed by atoms with Crippen molar-refractivity contribution in [1.82, 2.24) is 10.3 Å². The fraction of sp³-hybridized carbons (Fsp3) is 0.250. The lowest BCUT2D eigenvalue weighted by Crippen LogP contribution is -2.40. The number of hydrogen-bond acceptors (Lipinski definition) is 5. The quantitative estimate of drug-likeness (QED) is 0.508. The summed E-state index contributed by atoms with van der Waals surface area (Å²) in [5.41, 5.74) is 5.13. The number of carbonyl (C=O) groups is 1. The van der Waals surface area contributed by atoms with Gasteiger partial charge in [-0.1, -0.05) is 18.2 Å². The Morgan fingerprint density at radius 2 is 1.91 bits per heavy atom. The van der Waals surface area contributed by atoms with Crippen molar-refractivity contribution in [1.29, 1.82) is 0 Å². The smallest absolute Gasteiger partial charge is 0.248 e. The van der Waals surface area contributed by atoms with Crippen molar-refractivity contribution in [2.45, 2.75) is 38.6 Å². The molecular formula is C28H28N4O2. The lowest BCUT2D eigenvalue weighted by molar-refractivity contribution is -0.111. The van der Waals surface area contributed by atoms with Crippen LogP contribution < -0.4 is 15.4 Å². The van der Waals surface area contributed by atoms with E-state index in [-0.39, 0.29) is 11.4 Å². The molecular weight excluding hydrogens is 424 g/mol. The number of aliphatic imine (C=N–C) groups is 1. The number of nitrogens with zero attached hydrogens (tertiary/aromatic N) is 2. The van der Waals surface area contributed by atoms with Gasteiger partial charge in [-0.3, -0.25) is 14.8 Å². The van der Waals surface area contributed by atoms with Crippen LogP contribution >= 0.6 is 0 Å². The number of aryl methyl sites for hydroxylation is 2. The van der Waals surface area contributed by atoms with Crippen molar-refractivity contribution in [3.05, 3.63) is 89.3 Å². The van der Waals surface area contributed by atoms with Gasteiger partial charge in [0.15, 0.2) is 0 Å². The number of carbonyl (C=O) groups excluding carboxylic acids is 1. The van der Waals surface area contributed by atoms with E-state index >= 15 is 0 Å². The molecule has 34 heavy (non-hydrogen) atoms. The summed E-state index contributed by atoms with van der Waals surface area (Å²) in [5, 5.41) is 6.34. The molecule has 0 saturated carbocycles. The Kier molecular flexibility index (Phi) is 5.88. The topological polar surface area (TPSA) is 75.6 Å². The van der Waals surface area contributed by atoms with E-state index in [0.29, 0.717) is 18.0 Å². The van der Waals surface area contributed by atoms with E-state index in [1.165, 1.54) is 17.5 Å². The molecule has 1 aliphatic heterocycles. The molecule has 172 valence electrons. The summed E-state index contributed by atoms with van der Waals surface area (Å²) in [6.07, 6.45) is 8.45. The molecule has 0 atom stereocenters. The van der Waals surface area contributed by atoms with Gasteiger partial charge in [0, 0.05) is 24.0 Å². The van der Waals surface area contributed by atoms with Gasteiger partial charge in [-0.15, -0.1) is 0 Å². The first-order valence-corrected chi connectivity index (χ1v) is 11.6. The number of pyridine rings is 1. The van der Waals surface area contributed by atoms with Gasteiger partial charge in [-0.2, -0.15) is 0 Å². The van der Waals surface area contributed by atoms with Crippen molar-refractivity contribution in [2.24, 2.45) is 4.99 Å². The van der Waals surface area contributed by atoms with Crippen LogP contribution in [0.4, 0.5) is 5.69 Å². The van der Waals surface area contributed by atoms with E-state index in [2.05, 4.69) is 46.6 Å². The second-order valence-corrected chi connectivity index (χ2v) is 9.38. The monoisotopic (exact) mass is 452 g/mol. The molecule has 2 N–H and O–H groups in total. The Balaban J connectivity index is 1.23. The Morgan fingerprint density at radius 1 is 1.06 bits per heavy atom. The number of amidine groups is 1. The number of ether oxygens (including phenoxy) is 1. The molecule has 6 heteroatoms. The van der Waals surface area contributed by atoms with E-state index in [4.69, 9.17) is 4.74 Å². The number of amides is 1. The summed E-state index contributed by atoms with van der Waals surface area (Å²) in [4.78, 5) is 21.4. The van der Waals surface area contributed by atoms with E-state index in [9.17, 15) is 4.79 Å². The van der Waals surface area contributed by atoms with Gasteiger partial charge in [-0.05, 0) is 86.2 Å². The molecule has 0 fully saturated rings. The Morgan fingerprint density at radius 3 is 2.76 bits per heavy atom. The molecule has 2 aromatic carbocycles. The number of anilines is 1. The standard InChI is InChI=1S/C28H28N4O2/c1-28(2)18-30-27(32-28)25-17-24(13-14-29-25)34-23-8-3-5-19(15-23)9-12-26(33)31-22-11-10-20-6-4-7-21(20)16-22/h3,5,8-17H,4,6-7,18H2,1-2H3,(H,30,32)(H,31,33). The summed E-state index contributed by atoms with van der Waals surface area (Å²) >= 11 is 0. The number of benzene rings is 2. The molecule has 2 heterocycles. The summed E-state index contributed by atoms with van der Waals surface area (Å²) < 4.78 is 6.06. The van der Waals surface area contributed by atoms with Crippen LogP contribution in [0.5, 0.6) is 11.5 Å². The molecule has 1 aromatic heterocycles. The zero-order chi connectivity index (χ0) is 23.5. The highest BCUT2D eigenvalue weighted by atomic mass is 16.5. The first-order valence-electron chi connectivity index (χ1n) is 11.6. The highest BCUT2D eigenvalue weighted by Gasteiger charge is 2.26. The van der Waals surface area contributed by atoms with Crippen LogP contribution in [0.25, 0.3) is 6.08 Å². The van der Waals surface area contributed by atoms with Gasteiger partial charge < -0.3 is 15.4 Å². The molecule has 6 nitrogen and oxygen atoms in total. The lowest BCUT2D eigenvalue weighted by Gasteiger charge is -2.18. The fourth-order valence-electron chi connectivity index (χ4n) is 4.25. The zero-order valence-electron chi connectivity index (χ0n) is 19.5. The molecule has 1 amide bonds. The van der Waals surface area contributed by atoms with Gasteiger partial charge in [0.05, 0.1) is 12.1 Å². The molecule has 5 rings (SSSR count). The summed E-state index contributed by atoms with van der Waals surface area (Å²) in [6.45, 7) is 4.92. The number of nitrogens with one attached hydrogen (secondary N) is 2. The van der Waals surface area contributed by atoms with Crippen molar-refractivity contribution in [3.8, 4) is 11.5 Å². The average Bonchev–Trinajstić information content (AvgIpc) is 3.43. The summed E-state index contributed by atoms with van der Waals surface area (Å²) in [7, 11) is 0. The van der Waals surface area contributed by atoms with E-state index in [0.717, 1.165) is 35.6 Å². The number of rotatable bonds is 6. The first-order chi connectivity index (χ1) is 16.4. The molecule has 0 bridgehead atoms. The van der Waals surface area contributed by atoms with Crippen molar-refractivity contribution < 1.29 is 9.53 Å². The molecule has 3 aromatic rings. The van der Waals surface area contributed by atoms with Crippen LogP contribution in [0.1, 0.15) is 42.7 Å². The Hall–Kier alpha value is -3.93. The molecule has 0 unspecified atom stereocenters. The number of aromatic nitrogens is 1. The third-order valence-corrected chi connectivity index (χ3v) is 5.95. The fourth-order valence-corrected chi connectivity index (χ4v) is 4.25. The Labute approximate surface area is 199 Å². The zero-order valence-corrected chi connectivity index (χ0v) is 19.5. The molecule has 0 saturated heterocycles. The predicted octanol–water partition coefficient (Wildman–Crippen LogP) is 5.14. The van der Waals surface area contributed by atoms with Gasteiger partial charge in [0.2, 0.25) is 5.91 Å². The number of fused-ring (bicyclic) bond motifs is 1. The highest BCUT2D eigenvalue weighted by Crippen LogP contribution is 2.26. The van der Waals surface area contributed by atoms with Crippen LogP contribution in [0.15, 0.2) is 71.9 Å². The number of hydrogen-bond donors (Lipinski definition) is 2. The largest absolute Gasteiger partial charge is 0.457 e. The maximum absolute atomic E-state index is 12.4. The van der Waals surface area contributed by atoms with Crippen LogP contribution in [0.2, 0.25) is 0 Å². The van der Waals surface area contributed by atoms with Crippen LogP contribution in [0.3, 0.4) is 0 Å². The maximum Gasteiger partial charge on any atom is 0.248 e. The van der Waals surface area contributed by atoms with Gasteiger partial charge in [-0.25, -0.2) is 0 Å². The molecule has 1 aliphatic carbocycles. The van der Waals surface area contributed by atoms with Crippen LogP contribution in [0, 0.1) is 0 Å². The van der Waals surface area contributed by atoms with Gasteiger partial charge in [0.25, 0.3) is 0 Å². The van der Waals surface area contributed by atoms with Gasteiger partial charge >= 0.3 is 0 Å². The average molecular weight is 453 g/mol. The van der Waals surface area contributed by atoms with Crippen molar-refractivity contribution in [2.75, 3.05) is 11.9 Å². The highest BCUT2D eigenvalue weighted by molar-refractivity contribution is 6.02. The lowest BCUT2D eigenvalue weighted by atomic mass is 10.1. The maximum atomic E-state index is 12.4. The van der Waals surface area contributed by atoms with Crippen molar-refractivity contribution >= 4 is 23.5 Å². The summed E-state index contributed by atoms with van der Waals surface area (Å²) in [5.74, 6) is 1.98. The molecule has 2 aliphatic rings. The van der Waals surface area contributed by atoms with Crippen LogP contribution in [-0.4, -0.2) is 28.8 Å². The SMILES string of the molecule is CC1(C)CN=C(c2cc(Oc3cccc(C=CC(=O)Nc4ccc5c(c4)CCC5)c3)ccn2)N1. The third-order valence-electron chi connectivity index (χ3n) is 5.95. The minimum Gasteiger partial charge on any atom is -0.457 e. The minimum atomic E-state index is -0.157. The second kappa shape index (κ2) is 9.14. The first kappa shape index (κ1) is 21.9. The van der Waals surface area contributed by atoms with Crippen molar-refractivity contribution in [3.63, 3.8) is 0 Å². The normalized spacial score (nSPS) is 16.1. The van der Waals surface area contributed by atoms with E-state index in [1.807, 2.05) is 42.5 Å². The molecule has 0 radical (unpaired) electrons. The Bertz CT molecular complexity index is 1290. The van der Waals surface area contributed by atoms with Crippen LogP contribution in [-0.2, 0) is 17.6 Å². The van der Waals surface area contributed by atoms with Gasteiger partial charge in [0.1, 0.15) is 23.0 Å². The summed E-state index contributed by atoms with van der Waals surface area (Å²) in [6, 6.07) is 17.5. The second-order valence-electron chi connectivity index (χ2n) is 9.38. The van der Waals surface area contributed by atoms with E-state index in [1.54, 1.807) is 18.3 Å². The molecule has 0 spiro atoms. The minimum absolute atomic E-state index is 0.0681. The van der Waals surface area contributed by atoms with E-state index < -0.39 is 0 Å².